The van der Waals surface area contributed by atoms with E-state index in [9.17, 15) is 19.1 Å². The molecular weight excluding hydrogens is 299 g/mol. The second-order valence-electron chi connectivity index (χ2n) is 5.40. The van der Waals surface area contributed by atoms with Crippen molar-refractivity contribution in [3.05, 3.63) is 29.0 Å². The van der Waals surface area contributed by atoms with Gasteiger partial charge in [0.05, 0.1) is 10.6 Å². The molecule has 2 rings (SSSR count). The Balaban J connectivity index is 1.87. The zero-order valence-corrected chi connectivity index (χ0v) is 12.2. The molecule has 1 aromatic rings. The molecule has 1 aliphatic rings. The van der Waals surface area contributed by atoms with Crippen LogP contribution < -0.4 is 10.6 Å². The zero-order chi connectivity index (χ0) is 15.6. The molecule has 1 fully saturated rings. The normalized spacial score (nSPS) is 17.0. The molecule has 0 bridgehead atoms. The molecule has 7 heteroatoms. The molecule has 0 saturated heterocycles. The topological polar surface area (TPSA) is 78.4 Å². The number of benzene rings is 1. The minimum atomic E-state index is -1.00. The van der Waals surface area contributed by atoms with Crippen molar-refractivity contribution in [2.24, 2.45) is 5.92 Å². The van der Waals surface area contributed by atoms with Gasteiger partial charge >= 0.3 is 11.8 Å². The van der Waals surface area contributed by atoms with E-state index in [2.05, 4.69) is 10.6 Å². The molecule has 1 aliphatic carbocycles. The highest BCUT2D eigenvalue weighted by Crippen LogP contribution is 2.38. The first-order valence-electron chi connectivity index (χ1n) is 6.56. The van der Waals surface area contributed by atoms with Crippen LogP contribution in [0, 0.1) is 11.7 Å². The van der Waals surface area contributed by atoms with Crippen LogP contribution in [-0.2, 0) is 9.59 Å². The fourth-order valence-corrected chi connectivity index (χ4v) is 2.13. The Hall–Kier alpha value is -1.66. The molecular formula is C14H16ClFN2O3. The maximum atomic E-state index is 13.0. The van der Waals surface area contributed by atoms with Gasteiger partial charge in [0, 0.05) is 12.2 Å². The van der Waals surface area contributed by atoms with E-state index in [-0.39, 0.29) is 23.2 Å². The summed E-state index contributed by atoms with van der Waals surface area (Å²) in [7, 11) is 0. The van der Waals surface area contributed by atoms with E-state index in [1.807, 2.05) is 0 Å². The van der Waals surface area contributed by atoms with Gasteiger partial charge in [0.25, 0.3) is 0 Å². The summed E-state index contributed by atoms with van der Waals surface area (Å²) in [5.41, 5.74) is -0.787. The van der Waals surface area contributed by atoms with Gasteiger partial charge in [0.2, 0.25) is 0 Å². The molecule has 1 saturated carbocycles. The van der Waals surface area contributed by atoms with Crippen molar-refractivity contribution in [2.75, 3.05) is 11.9 Å². The van der Waals surface area contributed by atoms with Gasteiger partial charge in [0.1, 0.15) is 5.82 Å². The van der Waals surface area contributed by atoms with Crippen LogP contribution in [0.5, 0.6) is 0 Å². The maximum absolute atomic E-state index is 13.0. The van der Waals surface area contributed by atoms with Gasteiger partial charge in [-0.05, 0) is 43.9 Å². The summed E-state index contributed by atoms with van der Waals surface area (Å²) >= 11 is 5.58. The lowest BCUT2D eigenvalue weighted by atomic mass is 10.0. The predicted molar refractivity (Wildman–Crippen MR) is 76.4 cm³/mol. The number of rotatable bonds is 4. The van der Waals surface area contributed by atoms with E-state index in [0.29, 0.717) is 0 Å². The molecule has 3 N–H and O–H groups in total. The summed E-state index contributed by atoms with van der Waals surface area (Å²) in [6.45, 7) is 1.64. The van der Waals surface area contributed by atoms with Crippen molar-refractivity contribution < 1.29 is 19.1 Å². The van der Waals surface area contributed by atoms with Crippen LogP contribution in [0.15, 0.2) is 18.2 Å². The zero-order valence-electron chi connectivity index (χ0n) is 11.5. The second-order valence-corrected chi connectivity index (χ2v) is 5.80. The van der Waals surface area contributed by atoms with Crippen molar-refractivity contribution in [1.82, 2.24) is 5.32 Å². The predicted octanol–water partition coefficient (Wildman–Crippen LogP) is 1.69. The number of hydrogen-bond acceptors (Lipinski definition) is 3. The van der Waals surface area contributed by atoms with Crippen molar-refractivity contribution in [3.63, 3.8) is 0 Å². The van der Waals surface area contributed by atoms with Gasteiger partial charge in [-0.1, -0.05) is 11.6 Å². The van der Waals surface area contributed by atoms with E-state index >= 15 is 0 Å². The monoisotopic (exact) mass is 314 g/mol. The van der Waals surface area contributed by atoms with Crippen LogP contribution in [-0.4, -0.2) is 29.1 Å². The van der Waals surface area contributed by atoms with Crippen LogP contribution in [0.4, 0.5) is 10.1 Å². The number of nitrogens with one attached hydrogen (secondary N) is 2. The van der Waals surface area contributed by atoms with Gasteiger partial charge in [-0.2, -0.15) is 0 Å². The highest BCUT2D eigenvalue weighted by Gasteiger charge is 2.40. The SMILES string of the molecule is CC(O)(CNC(=O)C(=O)Nc1ccc(F)c(Cl)c1)C1CC1. The van der Waals surface area contributed by atoms with E-state index in [0.717, 1.165) is 18.9 Å². The smallest absolute Gasteiger partial charge is 0.313 e. The van der Waals surface area contributed by atoms with E-state index in [1.165, 1.54) is 12.1 Å². The fraction of sp³-hybridized carbons (Fsp3) is 0.429. The summed E-state index contributed by atoms with van der Waals surface area (Å²) in [6.07, 6.45) is 1.84. The molecule has 2 amide bonds. The molecule has 1 atom stereocenters. The number of halogens is 2. The average Bonchev–Trinajstić information content (AvgIpc) is 3.25. The van der Waals surface area contributed by atoms with E-state index < -0.39 is 23.2 Å². The van der Waals surface area contributed by atoms with Crippen LogP contribution >= 0.6 is 11.6 Å². The number of aliphatic hydroxyl groups is 1. The molecule has 0 radical (unpaired) electrons. The first-order chi connectivity index (χ1) is 9.79. The fourth-order valence-electron chi connectivity index (χ4n) is 1.95. The van der Waals surface area contributed by atoms with Crippen LogP contribution in [0.2, 0.25) is 5.02 Å². The minimum Gasteiger partial charge on any atom is -0.388 e. The average molecular weight is 315 g/mol. The summed E-state index contributed by atoms with van der Waals surface area (Å²) in [5, 5.41) is 14.6. The maximum Gasteiger partial charge on any atom is 0.313 e. The number of carbonyl (C=O) groups is 2. The van der Waals surface area contributed by atoms with Crippen molar-refractivity contribution in [1.29, 1.82) is 0 Å². The van der Waals surface area contributed by atoms with Crippen molar-refractivity contribution in [3.8, 4) is 0 Å². The Labute approximate surface area is 126 Å². The number of anilines is 1. The Morgan fingerprint density at radius 2 is 2.10 bits per heavy atom. The first kappa shape index (κ1) is 15.7. The Bertz CT molecular complexity index is 573. The van der Waals surface area contributed by atoms with Crippen LogP contribution in [0.1, 0.15) is 19.8 Å². The molecule has 0 spiro atoms. The minimum absolute atomic E-state index is 0.00803. The summed E-state index contributed by atoms with van der Waals surface area (Å²) in [5.74, 6) is -2.21. The quantitative estimate of drug-likeness (QED) is 0.740. The molecule has 0 aliphatic heterocycles. The largest absolute Gasteiger partial charge is 0.388 e. The van der Waals surface area contributed by atoms with Crippen LogP contribution in [0.25, 0.3) is 0 Å². The van der Waals surface area contributed by atoms with E-state index in [4.69, 9.17) is 11.6 Å². The lowest BCUT2D eigenvalue weighted by Crippen LogP contribution is -2.45. The summed E-state index contributed by atoms with van der Waals surface area (Å²) < 4.78 is 13.0. The number of hydrogen-bond donors (Lipinski definition) is 3. The Morgan fingerprint density at radius 1 is 1.43 bits per heavy atom. The third kappa shape index (κ3) is 4.15. The van der Waals surface area contributed by atoms with Gasteiger partial charge < -0.3 is 15.7 Å². The standard InChI is InChI=1S/C14H16ClFN2O3/c1-14(21,8-2-3-8)7-17-12(19)13(20)18-9-4-5-11(16)10(15)6-9/h4-6,8,21H,2-3,7H2,1H3,(H,17,19)(H,18,20). The highest BCUT2D eigenvalue weighted by atomic mass is 35.5. The Morgan fingerprint density at radius 3 is 2.67 bits per heavy atom. The third-order valence-electron chi connectivity index (χ3n) is 3.45. The van der Waals surface area contributed by atoms with Gasteiger partial charge in [-0.3, -0.25) is 9.59 Å². The molecule has 5 nitrogen and oxygen atoms in total. The second kappa shape index (κ2) is 5.99. The molecule has 0 heterocycles. The van der Waals surface area contributed by atoms with E-state index in [1.54, 1.807) is 6.92 Å². The molecule has 21 heavy (non-hydrogen) atoms. The molecule has 114 valence electrons. The summed E-state index contributed by atoms with van der Waals surface area (Å²) in [6, 6.07) is 3.60. The lowest BCUT2D eigenvalue weighted by molar-refractivity contribution is -0.136. The molecule has 1 aromatic carbocycles. The Kier molecular flexibility index (Phi) is 4.49. The summed E-state index contributed by atoms with van der Waals surface area (Å²) in [4.78, 5) is 23.3. The van der Waals surface area contributed by atoms with Gasteiger partial charge in [-0.25, -0.2) is 4.39 Å². The number of carbonyl (C=O) groups excluding carboxylic acids is 2. The van der Waals surface area contributed by atoms with Crippen molar-refractivity contribution >= 4 is 29.1 Å². The number of amides is 2. The third-order valence-corrected chi connectivity index (χ3v) is 3.74. The highest BCUT2D eigenvalue weighted by molar-refractivity contribution is 6.39. The van der Waals surface area contributed by atoms with Gasteiger partial charge in [-0.15, -0.1) is 0 Å². The van der Waals surface area contributed by atoms with Crippen LogP contribution in [0.3, 0.4) is 0 Å². The molecule has 1 unspecified atom stereocenters. The first-order valence-corrected chi connectivity index (χ1v) is 6.94. The van der Waals surface area contributed by atoms with Gasteiger partial charge in [0.15, 0.2) is 0 Å². The molecule has 0 aromatic heterocycles. The lowest BCUT2D eigenvalue weighted by Gasteiger charge is -2.22. The van der Waals surface area contributed by atoms with Crippen molar-refractivity contribution in [2.45, 2.75) is 25.4 Å².